The number of hydrogen-bond acceptors (Lipinski definition) is 5. The van der Waals surface area contributed by atoms with Gasteiger partial charge in [0.05, 0.1) is 13.3 Å². The van der Waals surface area contributed by atoms with Crippen LogP contribution >= 0.6 is 0 Å². The number of benzene rings is 1. The largest absolute Gasteiger partial charge is 0.497 e. The first-order valence-corrected chi connectivity index (χ1v) is 9.55. The lowest BCUT2D eigenvalue weighted by atomic mass is 10.0. The predicted molar refractivity (Wildman–Crippen MR) is 106 cm³/mol. The molecule has 1 saturated heterocycles. The highest BCUT2D eigenvalue weighted by Gasteiger charge is 2.24. The van der Waals surface area contributed by atoms with Gasteiger partial charge in [0.2, 0.25) is 0 Å². The summed E-state index contributed by atoms with van der Waals surface area (Å²) in [6, 6.07) is 10.9. The minimum Gasteiger partial charge on any atom is -0.497 e. The van der Waals surface area contributed by atoms with Gasteiger partial charge in [-0.2, -0.15) is 5.10 Å². The molecule has 0 radical (unpaired) electrons. The molecule has 2 aromatic heterocycles. The highest BCUT2D eigenvalue weighted by Crippen LogP contribution is 2.23. The van der Waals surface area contributed by atoms with Crippen molar-refractivity contribution in [1.29, 1.82) is 0 Å². The Morgan fingerprint density at radius 1 is 1.15 bits per heavy atom. The summed E-state index contributed by atoms with van der Waals surface area (Å²) in [6.45, 7) is 4.08. The van der Waals surface area contributed by atoms with Gasteiger partial charge in [0.1, 0.15) is 5.75 Å². The van der Waals surface area contributed by atoms with Crippen molar-refractivity contribution in [3.63, 3.8) is 0 Å². The van der Waals surface area contributed by atoms with Crippen molar-refractivity contribution in [3.8, 4) is 5.75 Å². The quantitative estimate of drug-likeness (QED) is 0.672. The Morgan fingerprint density at radius 3 is 2.67 bits per heavy atom. The van der Waals surface area contributed by atoms with E-state index in [1.54, 1.807) is 7.11 Å². The molecule has 6 nitrogen and oxygen atoms in total. The van der Waals surface area contributed by atoms with Crippen molar-refractivity contribution in [2.24, 2.45) is 0 Å². The molecule has 1 fully saturated rings. The van der Waals surface area contributed by atoms with Gasteiger partial charge in [0.25, 0.3) is 0 Å². The van der Waals surface area contributed by atoms with Crippen LogP contribution in [0.4, 0.5) is 0 Å². The SMILES string of the molecule is COc1ccc(CN(Cc2cnn3cccnc23)C2CCN(C)CC2)cc1. The minimum absolute atomic E-state index is 0.571. The maximum atomic E-state index is 5.30. The fourth-order valence-corrected chi connectivity index (χ4v) is 3.85. The topological polar surface area (TPSA) is 45.9 Å². The number of fused-ring (bicyclic) bond motifs is 1. The van der Waals surface area contributed by atoms with E-state index in [2.05, 4.69) is 39.1 Å². The van der Waals surface area contributed by atoms with Crippen molar-refractivity contribution in [2.45, 2.75) is 32.0 Å². The van der Waals surface area contributed by atoms with Crippen LogP contribution in [0.1, 0.15) is 24.0 Å². The van der Waals surface area contributed by atoms with Gasteiger partial charge in [-0.05, 0) is 56.7 Å². The molecule has 1 aliphatic heterocycles. The summed E-state index contributed by atoms with van der Waals surface area (Å²) in [5.41, 5.74) is 3.44. The van der Waals surface area contributed by atoms with E-state index < -0.39 is 0 Å². The summed E-state index contributed by atoms with van der Waals surface area (Å²) in [4.78, 5) is 9.53. The first-order chi connectivity index (χ1) is 13.2. The van der Waals surface area contributed by atoms with Crippen LogP contribution in [-0.4, -0.2) is 57.7 Å². The second-order valence-electron chi connectivity index (χ2n) is 7.35. The molecule has 27 heavy (non-hydrogen) atoms. The highest BCUT2D eigenvalue weighted by molar-refractivity contribution is 5.45. The Balaban J connectivity index is 1.56. The van der Waals surface area contributed by atoms with E-state index in [4.69, 9.17) is 4.74 Å². The lowest BCUT2D eigenvalue weighted by Crippen LogP contribution is -2.43. The van der Waals surface area contributed by atoms with Gasteiger partial charge in [0, 0.05) is 37.1 Å². The normalized spacial score (nSPS) is 16.3. The van der Waals surface area contributed by atoms with E-state index in [0.717, 1.165) is 37.6 Å². The van der Waals surface area contributed by atoms with Crippen LogP contribution in [-0.2, 0) is 13.1 Å². The van der Waals surface area contributed by atoms with Crippen LogP contribution in [0.5, 0.6) is 5.75 Å². The molecule has 0 spiro atoms. The van der Waals surface area contributed by atoms with Crippen LogP contribution in [0.3, 0.4) is 0 Å². The summed E-state index contributed by atoms with van der Waals surface area (Å²) < 4.78 is 7.15. The van der Waals surface area contributed by atoms with Gasteiger partial charge < -0.3 is 9.64 Å². The van der Waals surface area contributed by atoms with Crippen LogP contribution in [0.15, 0.2) is 48.9 Å². The smallest absolute Gasteiger partial charge is 0.159 e. The lowest BCUT2D eigenvalue weighted by Gasteiger charge is -2.37. The summed E-state index contributed by atoms with van der Waals surface area (Å²) in [5, 5.41) is 4.46. The highest BCUT2D eigenvalue weighted by atomic mass is 16.5. The molecule has 3 aromatic rings. The predicted octanol–water partition coefficient (Wildman–Crippen LogP) is 2.83. The van der Waals surface area contributed by atoms with E-state index in [-0.39, 0.29) is 0 Å². The maximum Gasteiger partial charge on any atom is 0.159 e. The molecule has 0 bridgehead atoms. The molecule has 0 atom stereocenters. The molecule has 0 unspecified atom stereocenters. The van der Waals surface area contributed by atoms with E-state index in [1.165, 1.54) is 24.0 Å². The van der Waals surface area contributed by atoms with Gasteiger partial charge in [0.15, 0.2) is 5.65 Å². The zero-order valence-corrected chi connectivity index (χ0v) is 16.1. The molecular formula is C21H27N5O. The standard InChI is InChI=1S/C21H27N5O/c1-24-12-8-19(9-13-24)25(15-17-4-6-20(27-2)7-5-17)16-18-14-23-26-11-3-10-22-21(18)26/h3-7,10-11,14,19H,8-9,12-13,15-16H2,1-2H3. The minimum atomic E-state index is 0.571. The second-order valence-corrected chi connectivity index (χ2v) is 7.35. The lowest BCUT2D eigenvalue weighted by molar-refractivity contribution is 0.108. The van der Waals surface area contributed by atoms with Gasteiger partial charge >= 0.3 is 0 Å². The summed E-state index contributed by atoms with van der Waals surface area (Å²) in [5.74, 6) is 0.899. The van der Waals surface area contributed by atoms with Crippen molar-refractivity contribution in [3.05, 3.63) is 60.0 Å². The maximum absolute atomic E-state index is 5.30. The van der Waals surface area contributed by atoms with Crippen molar-refractivity contribution in [1.82, 2.24) is 24.4 Å². The van der Waals surface area contributed by atoms with E-state index in [1.807, 2.05) is 41.3 Å². The molecule has 1 aromatic carbocycles. The molecule has 0 N–H and O–H groups in total. The van der Waals surface area contributed by atoms with Crippen molar-refractivity contribution < 1.29 is 4.74 Å². The number of piperidine rings is 1. The molecule has 4 rings (SSSR count). The van der Waals surface area contributed by atoms with Gasteiger partial charge in [-0.25, -0.2) is 9.50 Å². The Labute approximate surface area is 160 Å². The summed E-state index contributed by atoms with van der Waals surface area (Å²) >= 11 is 0. The summed E-state index contributed by atoms with van der Waals surface area (Å²) in [7, 11) is 3.91. The molecule has 0 amide bonds. The zero-order chi connectivity index (χ0) is 18.6. The van der Waals surface area contributed by atoms with Crippen molar-refractivity contribution >= 4 is 5.65 Å². The number of aromatic nitrogens is 3. The van der Waals surface area contributed by atoms with Gasteiger partial charge in [-0.1, -0.05) is 12.1 Å². The Bertz CT molecular complexity index is 868. The number of methoxy groups -OCH3 is 1. The van der Waals surface area contributed by atoms with E-state index >= 15 is 0 Å². The molecule has 1 aliphatic rings. The monoisotopic (exact) mass is 365 g/mol. The van der Waals surface area contributed by atoms with Gasteiger partial charge in [-0.15, -0.1) is 0 Å². The number of nitrogens with zero attached hydrogens (tertiary/aromatic N) is 5. The number of rotatable bonds is 6. The van der Waals surface area contributed by atoms with Crippen molar-refractivity contribution in [2.75, 3.05) is 27.2 Å². The van der Waals surface area contributed by atoms with Crippen LogP contribution < -0.4 is 4.74 Å². The first kappa shape index (κ1) is 17.9. The number of likely N-dealkylation sites (tertiary alicyclic amines) is 1. The Kier molecular flexibility index (Phi) is 5.36. The average molecular weight is 365 g/mol. The van der Waals surface area contributed by atoms with E-state index in [0.29, 0.717) is 6.04 Å². The van der Waals surface area contributed by atoms with E-state index in [9.17, 15) is 0 Å². The zero-order valence-electron chi connectivity index (χ0n) is 16.1. The first-order valence-electron chi connectivity index (χ1n) is 9.55. The Morgan fingerprint density at radius 2 is 1.93 bits per heavy atom. The number of ether oxygens (including phenoxy) is 1. The fourth-order valence-electron chi connectivity index (χ4n) is 3.85. The molecule has 6 heteroatoms. The van der Waals surface area contributed by atoms with Crippen LogP contribution in [0, 0.1) is 0 Å². The third-order valence-electron chi connectivity index (χ3n) is 5.47. The third-order valence-corrected chi connectivity index (χ3v) is 5.47. The fraction of sp³-hybridized carbons (Fsp3) is 0.429. The van der Waals surface area contributed by atoms with Crippen LogP contribution in [0.25, 0.3) is 5.65 Å². The molecule has 0 saturated carbocycles. The third kappa shape index (κ3) is 4.12. The molecule has 142 valence electrons. The van der Waals surface area contributed by atoms with Gasteiger partial charge in [-0.3, -0.25) is 4.90 Å². The molecule has 0 aliphatic carbocycles. The molecule has 3 heterocycles. The molecular weight excluding hydrogens is 338 g/mol. The second kappa shape index (κ2) is 8.06. The average Bonchev–Trinajstić information content (AvgIpc) is 3.12. The summed E-state index contributed by atoms with van der Waals surface area (Å²) in [6.07, 6.45) is 8.13. The Hall–Kier alpha value is -2.44. The number of hydrogen-bond donors (Lipinski definition) is 0. The van der Waals surface area contributed by atoms with Crippen LogP contribution in [0.2, 0.25) is 0 Å².